The summed E-state index contributed by atoms with van der Waals surface area (Å²) in [6.45, 7) is 2.16. The average molecular weight is 298 g/mol. The van der Waals surface area contributed by atoms with Gasteiger partial charge in [0, 0.05) is 13.6 Å². The molecule has 0 aliphatic carbocycles. The van der Waals surface area contributed by atoms with E-state index in [9.17, 15) is 13.2 Å². The summed E-state index contributed by atoms with van der Waals surface area (Å²) in [4.78, 5) is 11.4. The quantitative estimate of drug-likeness (QED) is 0.873. The number of nitrogens with one attached hydrogen (secondary N) is 1. The van der Waals surface area contributed by atoms with Crippen LogP contribution in [0.3, 0.4) is 0 Å². The fourth-order valence-corrected chi connectivity index (χ4v) is 3.08. The molecule has 2 aromatic rings. The number of hydrogen-bond donors (Lipinski definition) is 1. The normalized spacial score (nSPS) is 12.1. The number of nitrogens with zero attached hydrogens (tertiary/aromatic N) is 1. The maximum Gasteiger partial charge on any atom is 0.419 e. The van der Waals surface area contributed by atoms with Gasteiger partial charge in [-0.05, 0) is 24.1 Å². The summed E-state index contributed by atoms with van der Waals surface area (Å²) >= 11 is 0. The van der Waals surface area contributed by atoms with Gasteiger partial charge >= 0.3 is 5.76 Å². The summed E-state index contributed by atoms with van der Waals surface area (Å²) in [5.41, 5.74) is 1.93. The Morgan fingerprint density at radius 3 is 2.80 bits per heavy atom. The molecule has 1 heterocycles. The first kappa shape index (κ1) is 14.8. The molecule has 0 aliphatic rings. The monoisotopic (exact) mass is 298 g/mol. The standard InChI is InChI=1S/C13H18N2O4S/c1-3-4-7-20(17,18)14-9-10-5-6-12-11(8-10)15(2)13(16)19-12/h5-6,8,14H,3-4,7,9H2,1-2H3. The molecular formula is C13H18N2O4S. The molecule has 0 radical (unpaired) electrons. The van der Waals surface area contributed by atoms with Crippen LogP contribution in [0.4, 0.5) is 0 Å². The van der Waals surface area contributed by atoms with Crippen molar-refractivity contribution in [3.8, 4) is 0 Å². The molecule has 1 aromatic heterocycles. The Morgan fingerprint density at radius 2 is 2.10 bits per heavy atom. The first-order chi connectivity index (χ1) is 9.43. The Labute approximate surface area is 117 Å². The van der Waals surface area contributed by atoms with Gasteiger partial charge in [0.15, 0.2) is 5.58 Å². The Kier molecular flexibility index (Phi) is 4.29. The molecule has 2 rings (SSSR count). The second-order valence-corrected chi connectivity index (χ2v) is 6.65. The molecule has 0 atom stereocenters. The van der Waals surface area contributed by atoms with E-state index in [1.807, 2.05) is 6.92 Å². The van der Waals surface area contributed by atoms with Crippen molar-refractivity contribution in [2.24, 2.45) is 7.05 Å². The second-order valence-electron chi connectivity index (χ2n) is 4.72. The van der Waals surface area contributed by atoms with Gasteiger partial charge in [-0.15, -0.1) is 0 Å². The Hall–Kier alpha value is -1.60. The summed E-state index contributed by atoms with van der Waals surface area (Å²) < 4.78 is 32.4. The summed E-state index contributed by atoms with van der Waals surface area (Å²) in [5.74, 6) is -0.295. The van der Waals surface area contributed by atoms with E-state index in [-0.39, 0.29) is 12.3 Å². The van der Waals surface area contributed by atoms with Crippen LogP contribution < -0.4 is 10.5 Å². The Balaban J connectivity index is 2.14. The van der Waals surface area contributed by atoms with Crippen molar-refractivity contribution in [2.75, 3.05) is 5.75 Å². The summed E-state index contributed by atoms with van der Waals surface area (Å²) in [5, 5.41) is 0. The minimum Gasteiger partial charge on any atom is -0.408 e. The van der Waals surface area contributed by atoms with Gasteiger partial charge in [-0.2, -0.15) is 0 Å². The third kappa shape index (κ3) is 3.29. The maximum absolute atomic E-state index is 11.7. The third-order valence-corrected chi connectivity index (χ3v) is 4.53. The third-order valence-electron chi connectivity index (χ3n) is 3.12. The van der Waals surface area contributed by atoms with Crippen LogP contribution in [0.15, 0.2) is 27.4 Å². The predicted octanol–water partition coefficient (Wildman–Crippen LogP) is 1.35. The van der Waals surface area contributed by atoms with Gasteiger partial charge < -0.3 is 4.42 Å². The maximum atomic E-state index is 11.7. The van der Waals surface area contributed by atoms with E-state index >= 15 is 0 Å². The van der Waals surface area contributed by atoms with Crippen molar-refractivity contribution in [3.05, 3.63) is 34.3 Å². The van der Waals surface area contributed by atoms with E-state index in [0.29, 0.717) is 17.5 Å². The lowest BCUT2D eigenvalue weighted by atomic mass is 10.2. The number of fused-ring (bicyclic) bond motifs is 1. The largest absolute Gasteiger partial charge is 0.419 e. The number of rotatable bonds is 6. The summed E-state index contributed by atoms with van der Waals surface area (Å²) in [6, 6.07) is 5.17. The van der Waals surface area contributed by atoms with Crippen LogP contribution in [0.2, 0.25) is 0 Å². The molecule has 7 heteroatoms. The average Bonchev–Trinajstić information content (AvgIpc) is 2.70. The molecule has 0 spiro atoms. The SMILES string of the molecule is CCCCS(=O)(=O)NCc1ccc2oc(=O)n(C)c2c1. The molecule has 0 saturated carbocycles. The zero-order valence-electron chi connectivity index (χ0n) is 11.5. The van der Waals surface area contributed by atoms with Crippen LogP contribution in [0.25, 0.3) is 11.1 Å². The number of unbranched alkanes of at least 4 members (excludes halogenated alkanes) is 1. The van der Waals surface area contributed by atoms with Crippen LogP contribution in [0, 0.1) is 0 Å². The van der Waals surface area contributed by atoms with E-state index in [2.05, 4.69) is 4.72 Å². The number of benzene rings is 1. The molecule has 0 fully saturated rings. The van der Waals surface area contributed by atoms with Crippen LogP contribution in [-0.4, -0.2) is 18.7 Å². The lowest BCUT2D eigenvalue weighted by Gasteiger charge is -2.06. The molecule has 1 N–H and O–H groups in total. The lowest BCUT2D eigenvalue weighted by Crippen LogP contribution is -2.25. The first-order valence-electron chi connectivity index (χ1n) is 6.49. The van der Waals surface area contributed by atoms with Gasteiger partial charge in [-0.25, -0.2) is 17.9 Å². The molecule has 1 aromatic carbocycles. The summed E-state index contributed by atoms with van der Waals surface area (Å²) in [6.07, 6.45) is 1.48. The van der Waals surface area contributed by atoms with Crippen LogP contribution in [0.1, 0.15) is 25.3 Å². The van der Waals surface area contributed by atoms with Crippen LogP contribution >= 0.6 is 0 Å². The number of aryl methyl sites for hydroxylation is 1. The van der Waals surface area contributed by atoms with Crippen molar-refractivity contribution in [1.29, 1.82) is 0 Å². The number of oxazole rings is 1. The van der Waals surface area contributed by atoms with E-state index in [0.717, 1.165) is 12.0 Å². The van der Waals surface area contributed by atoms with Gasteiger partial charge in [0.25, 0.3) is 0 Å². The second kappa shape index (κ2) is 5.80. The molecule has 0 amide bonds. The van der Waals surface area contributed by atoms with Gasteiger partial charge in [0.1, 0.15) is 0 Å². The molecule has 0 aliphatic heterocycles. The molecule has 20 heavy (non-hydrogen) atoms. The highest BCUT2D eigenvalue weighted by Gasteiger charge is 2.10. The molecule has 0 unspecified atom stereocenters. The zero-order chi connectivity index (χ0) is 14.8. The highest BCUT2D eigenvalue weighted by atomic mass is 32.2. The predicted molar refractivity (Wildman–Crippen MR) is 77.0 cm³/mol. The van der Waals surface area contributed by atoms with E-state index in [1.165, 1.54) is 4.57 Å². The number of hydrogen-bond acceptors (Lipinski definition) is 4. The lowest BCUT2D eigenvalue weighted by molar-refractivity contribution is 0.528. The number of sulfonamides is 1. The van der Waals surface area contributed by atoms with Crippen LogP contribution in [-0.2, 0) is 23.6 Å². The zero-order valence-corrected chi connectivity index (χ0v) is 12.4. The summed E-state index contributed by atoms with van der Waals surface area (Å²) in [7, 11) is -1.63. The minimum absolute atomic E-state index is 0.135. The number of aromatic nitrogens is 1. The van der Waals surface area contributed by atoms with Gasteiger partial charge in [0.05, 0.1) is 11.3 Å². The van der Waals surface area contributed by atoms with Crippen molar-refractivity contribution in [3.63, 3.8) is 0 Å². The van der Waals surface area contributed by atoms with Crippen LogP contribution in [0.5, 0.6) is 0 Å². The van der Waals surface area contributed by atoms with E-state index < -0.39 is 15.8 Å². The molecular weight excluding hydrogens is 280 g/mol. The van der Waals surface area contributed by atoms with Gasteiger partial charge in [0.2, 0.25) is 10.0 Å². The highest BCUT2D eigenvalue weighted by Crippen LogP contribution is 2.14. The highest BCUT2D eigenvalue weighted by molar-refractivity contribution is 7.89. The fourth-order valence-electron chi connectivity index (χ4n) is 1.88. The minimum atomic E-state index is -3.24. The van der Waals surface area contributed by atoms with E-state index in [1.54, 1.807) is 25.2 Å². The Bertz CT molecular complexity index is 758. The topological polar surface area (TPSA) is 81.3 Å². The van der Waals surface area contributed by atoms with E-state index in [4.69, 9.17) is 4.42 Å². The Morgan fingerprint density at radius 1 is 1.35 bits per heavy atom. The smallest absolute Gasteiger partial charge is 0.408 e. The molecule has 0 bridgehead atoms. The fraction of sp³-hybridized carbons (Fsp3) is 0.462. The first-order valence-corrected chi connectivity index (χ1v) is 8.14. The van der Waals surface area contributed by atoms with Crippen molar-refractivity contribution in [1.82, 2.24) is 9.29 Å². The van der Waals surface area contributed by atoms with Crippen molar-refractivity contribution in [2.45, 2.75) is 26.3 Å². The van der Waals surface area contributed by atoms with Crippen molar-refractivity contribution < 1.29 is 12.8 Å². The van der Waals surface area contributed by atoms with Crippen molar-refractivity contribution >= 4 is 21.1 Å². The molecule has 110 valence electrons. The van der Waals surface area contributed by atoms with Gasteiger partial charge in [-0.3, -0.25) is 4.57 Å². The van der Waals surface area contributed by atoms with Gasteiger partial charge in [-0.1, -0.05) is 19.4 Å². The molecule has 6 nitrogen and oxygen atoms in total. The molecule has 0 saturated heterocycles.